The number of para-hydroxylation sites is 2. The Morgan fingerprint density at radius 1 is 0.386 bits per heavy atom. The molecule has 3 aliphatic rings. The molecule has 3 nitrogen and oxygen atoms in total. The Morgan fingerprint density at radius 2 is 0.965 bits per heavy atom. The van der Waals surface area contributed by atoms with E-state index in [1.165, 1.54) is 89.0 Å². The Bertz CT molecular complexity index is 3060. The van der Waals surface area contributed by atoms with Crippen LogP contribution in [-0.4, -0.2) is 13.7 Å². The highest BCUT2D eigenvalue weighted by atomic mass is 15.1. The Kier molecular flexibility index (Phi) is 7.31. The lowest BCUT2D eigenvalue weighted by Crippen LogP contribution is -2.10. The molecular formula is C54H41N3. The molecule has 0 spiro atoms. The van der Waals surface area contributed by atoms with Gasteiger partial charge in [-0.15, -0.1) is 0 Å². The Balaban J connectivity index is 1.12. The fourth-order valence-electron chi connectivity index (χ4n) is 10.2. The number of aromatic nitrogens is 3. The van der Waals surface area contributed by atoms with E-state index >= 15 is 0 Å². The minimum absolute atomic E-state index is 1.01. The molecule has 0 amide bonds. The van der Waals surface area contributed by atoms with Crippen molar-refractivity contribution in [2.75, 3.05) is 0 Å². The zero-order valence-electron chi connectivity index (χ0n) is 31.8. The molecular weight excluding hydrogens is 691 g/mol. The number of allylic oxidation sites excluding steroid dienone is 3. The van der Waals surface area contributed by atoms with Crippen molar-refractivity contribution >= 4 is 56.6 Å². The molecule has 0 unspecified atom stereocenters. The van der Waals surface area contributed by atoms with E-state index < -0.39 is 0 Å². The van der Waals surface area contributed by atoms with Gasteiger partial charge < -0.3 is 13.7 Å². The maximum atomic E-state index is 2.61. The Labute approximate surface area is 332 Å². The highest BCUT2D eigenvalue weighted by Gasteiger charge is 2.29. The maximum Gasteiger partial charge on any atom is 0.0562 e. The second-order valence-electron chi connectivity index (χ2n) is 15.8. The number of benzene rings is 6. The number of hydrogen-bond donors (Lipinski definition) is 0. The predicted molar refractivity (Wildman–Crippen MR) is 240 cm³/mol. The van der Waals surface area contributed by atoms with Gasteiger partial charge >= 0.3 is 0 Å². The van der Waals surface area contributed by atoms with Crippen LogP contribution in [0.25, 0.3) is 90.3 Å². The van der Waals surface area contributed by atoms with Crippen LogP contribution < -0.4 is 0 Å². The van der Waals surface area contributed by atoms with Gasteiger partial charge in [0.2, 0.25) is 0 Å². The molecule has 3 heterocycles. The van der Waals surface area contributed by atoms with Gasteiger partial charge in [-0.05, 0) is 138 Å². The summed E-state index contributed by atoms with van der Waals surface area (Å²) in [6.07, 6.45) is 18.6. The first kappa shape index (κ1) is 32.4. The molecule has 0 radical (unpaired) electrons. The summed E-state index contributed by atoms with van der Waals surface area (Å²) >= 11 is 0. The van der Waals surface area contributed by atoms with Crippen LogP contribution in [-0.2, 0) is 19.3 Å². The van der Waals surface area contributed by atoms with E-state index in [0.29, 0.717) is 0 Å². The van der Waals surface area contributed by atoms with Gasteiger partial charge in [-0.25, -0.2) is 0 Å². The summed E-state index contributed by atoms with van der Waals surface area (Å²) in [6, 6.07) is 53.6. The summed E-state index contributed by atoms with van der Waals surface area (Å²) < 4.78 is 7.67. The molecule has 12 rings (SSSR count). The predicted octanol–water partition coefficient (Wildman–Crippen LogP) is 13.7. The highest BCUT2D eigenvalue weighted by Crippen LogP contribution is 2.44. The summed E-state index contributed by atoms with van der Waals surface area (Å²) in [4.78, 5) is 0. The molecule has 0 saturated carbocycles. The van der Waals surface area contributed by atoms with Crippen molar-refractivity contribution in [1.29, 1.82) is 0 Å². The highest BCUT2D eigenvalue weighted by molar-refractivity contribution is 6.14. The number of fused-ring (bicyclic) bond motifs is 9. The van der Waals surface area contributed by atoms with E-state index in [0.717, 1.165) is 44.2 Å². The average Bonchev–Trinajstić information content (AvgIpc) is 3.92. The molecule has 3 aliphatic carbocycles. The third-order valence-corrected chi connectivity index (χ3v) is 12.7. The first-order chi connectivity index (χ1) is 28.3. The topological polar surface area (TPSA) is 14.8 Å². The van der Waals surface area contributed by atoms with Gasteiger partial charge in [-0.1, -0.05) is 115 Å². The largest absolute Gasteiger partial charge is 0.314 e. The fourth-order valence-corrected chi connectivity index (χ4v) is 10.2. The summed E-state index contributed by atoms with van der Waals surface area (Å²) in [5, 5.41) is 3.87. The van der Waals surface area contributed by atoms with Crippen molar-refractivity contribution in [3.8, 4) is 33.6 Å². The average molecular weight is 732 g/mol. The number of nitrogens with zero attached hydrogens (tertiary/aromatic N) is 3. The first-order valence-corrected chi connectivity index (χ1v) is 20.5. The number of rotatable bonds is 5. The first-order valence-electron chi connectivity index (χ1n) is 20.5. The zero-order chi connectivity index (χ0) is 37.5. The van der Waals surface area contributed by atoms with Gasteiger partial charge in [0.05, 0.1) is 27.9 Å². The van der Waals surface area contributed by atoms with E-state index in [1.807, 2.05) is 0 Å². The summed E-state index contributed by atoms with van der Waals surface area (Å²) in [7, 11) is 0. The van der Waals surface area contributed by atoms with E-state index in [4.69, 9.17) is 0 Å². The second kappa shape index (κ2) is 12.9. The van der Waals surface area contributed by atoms with Gasteiger partial charge in [-0.2, -0.15) is 0 Å². The quantitative estimate of drug-likeness (QED) is 0.167. The monoisotopic (exact) mass is 731 g/mol. The SMILES string of the molecule is C1=Cc2c(c3c(n2C2=Cc4c(c5ccccc5n4-c4cccc5c4c4ccccc4n5-c4cc(-c5ccccc5)cc(-c5ccccc5)c4)CC2)C=CCC3)CC1. The molecule has 0 aliphatic heterocycles. The molecule has 9 aromatic rings. The second-order valence-corrected chi connectivity index (χ2v) is 15.8. The third kappa shape index (κ3) is 4.98. The van der Waals surface area contributed by atoms with Crippen LogP contribution in [0.3, 0.4) is 0 Å². The fraction of sp³-hybridized carbons (Fsp3) is 0.111. The summed E-state index contributed by atoms with van der Waals surface area (Å²) in [5.41, 5.74) is 20.9. The lowest BCUT2D eigenvalue weighted by molar-refractivity contribution is 0.892. The van der Waals surface area contributed by atoms with Gasteiger partial charge in [-0.3, -0.25) is 0 Å². The lowest BCUT2D eigenvalue weighted by Gasteiger charge is -2.22. The minimum atomic E-state index is 1.01. The summed E-state index contributed by atoms with van der Waals surface area (Å²) in [5.74, 6) is 0. The van der Waals surface area contributed by atoms with Gasteiger partial charge in [0.25, 0.3) is 0 Å². The minimum Gasteiger partial charge on any atom is -0.314 e. The number of aryl methyl sites for hydroxylation is 1. The van der Waals surface area contributed by atoms with E-state index in [1.54, 1.807) is 11.1 Å². The Morgan fingerprint density at radius 3 is 1.63 bits per heavy atom. The molecule has 272 valence electrons. The van der Waals surface area contributed by atoms with Crippen LogP contribution in [0.4, 0.5) is 0 Å². The van der Waals surface area contributed by atoms with Crippen molar-refractivity contribution in [2.24, 2.45) is 0 Å². The molecule has 0 saturated heterocycles. The molecule has 0 bridgehead atoms. The van der Waals surface area contributed by atoms with Gasteiger partial charge in [0.1, 0.15) is 0 Å². The van der Waals surface area contributed by atoms with Crippen LogP contribution in [0.1, 0.15) is 53.0 Å². The molecule has 3 aromatic heterocycles. The number of hydrogen-bond acceptors (Lipinski definition) is 0. The van der Waals surface area contributed by atoms with Crippen LogP contribution in [0, 0.1) is 0 Å². The summed E-state index contributed by atoms with van der Waals surface area (Å²) in [6.45, 7) is 0. The van der Waals surface area contributed by atoms with Crippen LogP contribution >= 0.6 is 0 Å². The van der Waals surface area contributed by atoms with Crippen molar-refractivity contribution in [1.82, 2.24) is 13.7 Å². The molecule has 0 atom stereocenters. The van der Waals surface area contributed by atoms with Gasteiger partial charge in [0.15, 0.2) is 0 Å². The van der Waals surface area contributed by atoms with Crippen molar-refractivity contribution in [3.05, 3.63) is 192 Å². The van der Waals surface area contributed by atoms with Crippen molar-refractivity contribution in [3.63, 3.8) is 0 Å². The normalized spacial score (nSPS) is 14.6. The maximum absolute atomic E-state index is 2.61. The molecule has 3 heteroatoms. The van der Waals surface area contributed by atoms with Crippen LogP contribution in [0.5, 0.6) is 0 Å². The zero-order valence-corrected chi connectivity index (χ0v) is 31.8. The molecule has 57 heavy (non-hydrogen) atoms. The lowest BCUT2D eigenvalue weighted by atomic mass is 9.94. The van der Waals surface area contributed by atoms with E-state index in [2.05, 4.69) is 190 Å². The van der Waals surface area contributed by atoms with E-state index in [9.17, 15) is 0 Å². The van der Waals surface area contributed by atoms with Crippen molar-refractivity contribution in [2.45, 2.75) is 38.5 Å². The van der Waals surface area contributed by atoms with Crippen LogP contribution in [0.15, 0.2) is 158 Å². The van der Waals surface area contributed by atoms with Gasteiger partial charge in [0, 0.05) is 38.9 Å². The van der Waals surface area contributed by atoms with E-state index in [-0.39, 0.29) is 0 Å². The smallest absolute Gasteiger partial charge is 0.0562 e. The molecule has 0 fully saturated rings. The molecule has 0 N–H and O–H groups in total. The third-order valence-electron chi connectivity index (χ3n) is 12.7. The molecule has 6 aromatic carbocycles. The Hall–Kier alpha value is -6.84. The standard InChI is InChI=1S/C54H41N3/c1-3-16-36(17-4-1)38-32-39(37-18-5-2-6-19-37)34-41(33-38)56-50-27-14-10-23-46(50)54-51(56)28-15-29-52(54)57-49-26-13-9-22-44(49)45-31-30-40(35-53(45)57)55-47-24-11-7-20-42(47)43-21-8-12-25-48(43)55/h1-6,9-19,22-29,32-35H,7-8,20-21,30-31H2. The van der Waals surface area contributed by atoms with Crippen molar-refractivity contribution < 1.29 is 0 Å². The van der Waals surface area contributed by atoms with Crippen LogP contribution in [0.2, 0.25) is 0 Å².